The lowest BCUT2D eigenvalue weighted by atomic mass is 10.2. The minimum atomic E-state index is -1.33. The monoisotopic (exact) mass is 1500 g/mol. The van der Waals surface area contributed by atoms with Gasteiger partial charge < -0.3 is 34.4 Å². The molecule has 10 aromatic rings. The number of hydrogen-bond acceptors (Lipinski definition) is 11. The fourth-order valence-corrected chi connectivity index (χ4v) is 10.9. The molecule has 6 aromatic heterocycles. The van der Waals surface area contributed by atoms with Crippen LogP contribution in [0.5, 0.6) is 0 Å². The number of carbonyl (C=O) groups excluding carboxylic acids is 3. The first-order valence-corrected chi connectivity index (χ1v) is 29.8. The van der Waals surface area contributed by atoms with Crippen LogP contribution in [0, 0.1) is 46.5 Å². The van der Waals surface area contributed by atoms with Gasteiger partial charge in [-0.3, -0.25) is 33.6 Å². The number of nitrogens with one attached hydrogen (secondary N) is 1. The largest absolute Gasteiger partial charge is 0.477 e. The molecule has 4 aromatic carbocycles. The standard InChI is InChI=1S/C18H13BrF2N2O2S.2C13H8ClF2NO2.C13H9F2NO3.C5H6BrNS.ClH/c19-16-6-4-12(26-16)9-22-17(24)13-2-1-7-23(18(13)25)10-11-3-5-14(20)15(21)8-11;2*14-12(18)9-2-1-5-17(13(9)19)7-8-3-4-10(15)11(16)6-8;14-10-4-3-8(6-11(10)15)7-16-5-1-2-9(12(16)17)13(18)19;6-5-2-1-4(3-7)8-5;/h1-8H,9-10H2,(H,22,24);2*1-6H,7H2;1-6H,7H2,(H,18,19);1-2H,3,7H2;1H. The number of benzene rings is 4. The molecule has 0 aliphatic carbocycles. The molecule has 6 heterocycles. The van der Waals surface area contributed by atoms with Gasteiger partial charge in [0.2, 0.25) is 0 Å². The van der Waals surface area contributed by atoms with Gasteiger partial charge in [0.15, 0.2) is 46.5 Å². The Morgan fingerprint density at radius 2 is 0.728 bits per heavy atom. The Morgan fingerprint density at radius 3 is 1.00 bits per heavy atom. The van der Waals surface area contributed by atoms with Crippen molar-refractivity contribution < 1.29 is 59.4 Å². The first-order valence-electron chi connectivity index (χ1n) is 25.9. The number of aromatic nitrogens is 4. The molecule has 0 aliphatic rings. The molecule has 10 rings (SSSR count). The van der Waals surface area contributed by atoms with E-state index >= 15 is 0 Å². The summed E-state index contributed by atoms with van der Waals surface area (Å²) < 4.78 is 111. The van der Waals surface area contributed by atoms with Gasteiger partial charge in [0, 0.05) is 41.1 Å². The molecule has 0 radical (unpaired) electrons. The number of carboxylic acid groups (broad SMARTS) is 1. The van der Waals surface area contributed by atoms with Gasteiger partial charge in [-0.15, -0.1) is 35.1 Å². The molecule has 1 amide bonds. The van der Waals surface area contributed by atoms with E-state index < -0.39 is 91.1 Å². The van der Waals surface area contributed by atoms with Gasteiger partial charge in [0.25, 0.3) is 38.6 Å². The minimum absolute atomic E-state index is 0. The third-order valence-corrected chi connectivity index (χ3v) is 15.9. The fraction of sp³-hybridized carbons (Fsp3) is 0.0968. The second-order valence-corrected chi connectivity index (χ2v) is 24.3. The number of thiophene rings is 2. The lowest BCUT2D eigenvalue weighted by molar-refractivity contribution is 0.0693. The number of nitrogens with zero attached hydrogens (tertiary/aromatic N) is 4. The predicted octanol–water partition coefficient (Wildman–Crippen LogP) is 13.3. The lowest BCUT2D eigenvalue weighted by Crippen LogP contribution is -2.32. The summed E-state index contributed by atoms with van der Waals surface area (Å²) in [6, 6.07) is 32.3. The average Bonchev–Trinajstić information content (AvgIpc) is 1.50. The lowest BCUT2D eigenvalue weighted by Gasteiger charge is -2.09. The second-order valence-electron chi connectivity index (χ2n) is 18.6. The van der Waals surface area contributed by atoms with E-state index in [9.17, 15) is 73.5 Å². The summed E-state index contributed by atoms with van der Waals surface area (Å²) in [6.07, 6.45) is 5.76. The van der Waals surface area contributed by atoms with Crippen molar-refractivity contribution in [3.63, 3.8) is 0 Å². The van der Waals surface area contributed by atoms with Crippen LogP contribution in [0.4, 0.5) is 35.1 Å². The van der Waals surface area contributed by atoms with Gasteiger partial charge in [-0.05, 0) is 199 Å². The van der Waals surface area contributed by atoms with E-state index in [1.54, 1.807) is 17.4 Å². The summed E-state index contributed by atoms with van der Waals surface area (Å²) in [7, 11) is 0. The number of aromatic carboxylic acids is 1. The van der Waals surface area contributed by atoms with Crippen molar-refractivity contribution in [1.29, 1.82) is 0 Å². The van der Waals surface area contributed by atoms with Crippen LogP contribution >= 0.6 is 90.1 Å². The molecule has 0 saturated heterocycles. The summed E-state index contributed by atoms with van der Waals surface area (Å²) in [5, 5.41) is 9.80. The average molecular weight is 1500 g/mol. The summed E-state index contributed by atoms with van der Waals surface area (Å²) in [5.74, 6) is -9.63. The zero-order valence-corrected chi connectivity index (χ0v) is 53.9. The molecular weight excluding hydrogens is 1450 g/mol. The van der Waals surface area contributed by atoms with E-state index in [1.165, 1.54) is 121 Å². The fourth-order valence-electron chi connectivity index (χ4n) is 7.79. The van der Waals surface area contributed by atoms with Crippen LogP contribution < -0.4 is 33.3 Å². The summed E-state index contributed by atoms with van der Waals surface area (Å²) in [4.78, 5) is 95.3. The van der Waals surface area contributed by atoms with Crippen molar-refractivity contribution >= 4 is 113 Å². The van der Waals surface area contributed by atoms with Crippen molar-refractivity contribution in [2.75, 3.05) is 0 Å². The van der Waals surface area contributed by atoms with E-state index in [1.807, 2.05) is 24.3 Å². The molecule has 0 fully saturated rings. The van der Waals surface area contributed by atoms with Crippen molar-refractivity contribution in [1.82, 2.24) is 23.6 Å². The molecule has 92 heavy (non-hydrogen) atoms. The molecular formula is C62H45Br2Cl3F8N6O9S2. The highest BCUT2D eigenvalue weighted by atomic mass is 79.9. The summed E-state index contributed by atoms with van der Waals surface area (Å²) >= 11 is 20.4. The normalized spacial score (nSPS) is 10.4. The zero-order valence-electron chi connectivity index (χ0n) is 46.7. The van der Waals surface area contributed by atoms with Crippen LogP contribution in [-0.2, 0) is 39.3 Å². The van der Waals surface area contributed by atoms with Crippen LogP contribution in [0.15, 0.2) is 197 Å². The number of amides is 1. The topological polar surface area (TPSA) is 215 Å². The van der Waals surface area contributed by atoms with Crippen LogP contribution in [0.2, 0.25) is 0 Å². The summed E-state index contributed by atoms with van der Waals surface area (Å²) in [6.45, 7) is 1.01. The zero-order chi connectivity index (χ0) is 66.6. The second kappa shape index (κ2) is 35.4. The molecule has 0 spiro atoms. The maximum absolute atomic E-state index is 13.3. The third-order valence-electron chi connectivity index (χ3n) is 12.2. The number of halogens is 13. The van der Waals surface area contributed by atoms with E-state index in [0.717, 1.165) is 65.5 Å². The van der Waals surface area contributed by atoms with E-state index in [2.05, 4.69) is 37.2 Å². The number of carboxylic acids is 1. The molecule has 0 aliphatic heterocycles. The smallest absolute Gasteiger partial charge is 0.341 e. The highest BCUT2D eigenvalue weighted by Crippen LogP contribution is 2.23. The van der Waals surface area contributed by atoms with E-state index in [-0.39, 0.29) is 60.8 Å². The van der Waals surface area contributed by atoms with Crippen molar-refractivity contribution in [2.45, 2.75) is 39.3 Å². The highest BCUT2D eigenvalue weighted by molar-refractivity contribution is 9.11. The molecule has 15 nitrogen and oxygen atoms in total. The van der Waals surface area contributed by atoms with Gasteiger partial charge in [0.1, 0.15) is 11.1 Å². The van der Waals surface area contributed by atoms with Gasteiger partial charge in [-0.1, -0.05) is 24.3 Å². The maximum Gasteiger partial charge on any atom is 0.341 e. The van der Waals surface area contributed by atoms with Gasteiger partial charge >= 0.3 is 5.97 Å². The number of nitrogens with two attached hydrogens (primary N) is 1. The first-order chi connectivity index (χ1) is 43.2. The minimum Gasteiger partial charge on any atom is -0.477 e. The molecule has 0 unspecified atom stereocenters. The Bertz CT molecular complexity index is 4260. The molecule has 30 heteroatoms. The number of hydrogen-bond donors (Lipinski definition) is 3. The van der Waals surface area contributed by atoms with Crippen LogP contribution in [0.3, 0.4) is 0 Å². The molecule has 480 valence electrons. The number of pyridine rings is 4. The number of carbonyl (C=O) groups is 4. The van der Waals surface area contributed by atoms with Gasteiger partial charge in [-0.25, -0.2) is 39.9 Å². The van der Waals surface area contributed by atoms with Crippen LogP contribution in [-0.4, -0.2) is 45.7 Å². The molecule has 0 atom stereocenters. The summed E-state index contributed by atoms with van der Waals surface area (Å²) in [5.41, 5.74) is 3.90. The Hall–Kier alpha value is -8.41. The SMILES string of the molecule is Cl.NCc1ccc(Br)s1.O=C(Cl)c1cccn(Cc2ccc(F)c(F)c2)c1=O.O=C(Cl)c1cccn(Cc2ccc(F)c(F)c2)c1=O.O=C(NCc1ccc(Br)s1)c1cccn(Cc2ccc(F)c(F)c2)c1=O.O=C(O)c1cccn(Cc2ccc(F)c(F)c2)c1=O. The van der Waals surface area contributed by atoms with E-state index in [0.29, 0.717) is 35.3 Å². The van der Waals surface area contributed by atoms with Gasteiger partial charge in [0.05, 0.1) is 51.4 Å². The molecule has 4 N–H and O–H groups in total. The third kappa shape index (κ3) is 21.6. The first kappa shape index (κ1) is 74.3. The Labute approximate surface area is 556 Å². The Morgan fingerprint density at radius 1 is 0.435 bits per heavy atom. The molecule has 0 saturated carbocycles. The van der Waals surface area contributed by atoms with Crippen molar-refractivity contribution in [3.8, 4) is 0 Å². The van der Waals surface area contributed by atoms with Crippen molar-refractivity contribution in [2.24, 2.45) is 5.73 Å². The highest BCUT2D eigenvalue weighted by Gasteiger charge is 2.16. The maximum atomic E-state index is 13.3. The van der Waals surface area contributed by atoms with Crippen LogP contribution in [0.1, 0.15) is 73.4 Å². The van der Waals surface area contributed by atoms with Gasteiger partial charge in [-0.2, -0.15) is 0 Å². The van der Waals surface area contributed by atoms with Crippen molar-refractivity contribution in [3.05, 3.63) is 320 Å². The molecule has 0 bridgehead atoms. The Balaban J connectivity index is 0.000000215. The number of rotatable bonds is 15. The quantitative estimate of drug-likeness (QED) is 0.0652. The Kier molecular flexibility index (Phi) is 28.6. The van der Waals surface area contributed by atoms with Crippen LogP contribution in [0.25, 0.3) is 0 Å². The van der Waals surface area contributed by atoms with E-state index in [4.69, 9.17) is 34.0 Å². The predicted molar refractivity (Wildman–Crippen MR) is 342 cm³/mol.